The second-order valence-corrected chi connectivity index (χ2v) is 7.57. The maximum Gasteiger partial charge on any atom is 0.244 e. The van der Waals surface area contributed by atoms with Crippen LogP contribution in [0.3, 0.4) is 0 Å². The second-order valence-electron chi connectivity index (χ2n) is 7.16. The first-order valence-electron chi connectivity index (χ1n) is 10.4. The maximum absolute atomic E-state index is 12.1. The lowest BCUT2D eigenvalue weighted by atomic mass is 10.2. The van der Waals surface area contributed by atoms with Crippen LogP contribution in [0.2, 0.25) is 0 Å². The molecule has 0 unspecified atom stereocenters. The maximum atomic E-state index is 12.1. The van der Waals surface area contributed by atoms with Crippen molar-refractivity contribution in [2.75, 3.05) is 49.5 Å². The van der Waals surface area contributed by atoms with E-state index in [1.165, 1.54) is 10.6 Å². The molecule has 0 atom stereocenters. The SMILES string of the molecule is CCOc1ccc(NC(=S)NNC(=O)CC[NH+]2CCN(c3ccccc3)CC2)cc1. The molecule has 3 rings (SSSR count). The van der Waals surface area contributed by atoms with E-state index in [2.05, 4.69) is 45.3 Å². The fraction of sp³-hybridized carbons (Fsp3) is 0.364. The number of rotatable bonds is 7. The van der Waals surface area contributed by atoms with Crippen molar-refractivity contribution in [2.45, 2.75) is 13.3 Å². The molecular formula is C22H30N5O2S+. The summed E-state index contributed by atoms with van der Waals surface area (Å²) in [5.41, 5.74) is 7.52. The van der Waals surface area contributed by atoms with Crippen LogP contribution in [-0.4, -0.2) is 50.4 Å². The molecule has 2 aromatic carbocycles. The summed E-state index contributed by atoms with van der Waals surface area (Å²) in [4.78, 5) is 16.0. The minimum absolute atomic E-state index is 0.0659. The summed E-state index contributed by atoms with van der Waals surface area (Å²) < 4.78 is 5.41. The fourth-order valence-corrected chi connectivity index (χ4v) is 3.58. The first kappa shape index (κ1) is 21.9. The third-order valence-electron chi connectivity index (χ3n) is 5.04. The molecule has 0 bridgehead atoms. The largest absolute Gasteiger partial charge is 0.494 e. The van der Waals surface area contributed by atoms with Gasteiger partial charge in [0.15, 0.2) is 5.11 Å². The second kappa shape index (κ2) is 11.4. The van der Waals surface area contributed by atoms with Crippen molar-refractivity contribution in [2.24, 2.45) is 0 Å². The number of piperazine rings is 1. The summed E-state index contributed by atoms with van der Waals surface area (Å²) in [5.74, 6) is 0.742. The van der Waals surface area contributed by atoms with E-state index in [-0.39, 0.29) is 5.91 Å². The van der Waals surface area contributed by atoms with Crippen molar-refractivity contribution in [3.63, 3.8) is 0 Å². The van der Waals surface area contributed by atoms with Gasteiger partial charge >= 0.3 is 0 Å². The van der Waals surface area contributed by atoms with Crippen LogP contribution >= 0.6 is 12.2 Å². The number of hydrazine groups is 1. The number of nitrogens with zero attached hydrogens (tertiary/aromatic N) is 1. The first-order valence-corrected chi connectivity index (χ1v) is 10.8. The molecule has 0 aromatic heterocycles. The Labute approximate surface area is 183 Å². The van der Waals surface area contributed by atoms with Gasteiger partial charge in [-0.2, -0.15) is 0 Å². The van der Waals surface area contributed by atoms with Gasteiger partial charge in [-0.1, -0.05) is 18.2 Å². The van der Waals surface area contributed by atoms with Crippen LogP contribution in [0.25, 0.3) is 0 Å². The summed E-state index contributed by atoms with van der Waals surface area (Å²) in [6.45, 7) is 7.48. The van der Waals surface area contributed by atoms with E-state index >= 15 is 0 Å². The Hall–Kier alpha value is -2.84. The quantitative estimate of drug-likeness (QED) is 0.393. The van der Waals surface area contributed by atoms with Crippen molar-refractivity contribution in [1.29, 1.82) is 0 Å². The standard InChI is InChI=1S/C22H29N5O2S/c1-2-29-20-10-8-18(9-11-20)23-22(30)25-24-21(28)12-13-26-14-16-27(17-15-26)19-6-4-3-5-7-19/h3-11H,2,12-17H2,1H3,(H,24,28)(H2,23,25,30)/p+1. The Morgan fingerprint density at radius 2 is 1.77 bits per heavy atom. The monoisotopic (exact) mass is 428 g/mol. The zero-order chi connectivity index (χ0) is 21.2. The van der Waals surface area contributed by atoms with Gasteiger partial charge in [0.25, 0.3) is 0 Å². The molecule has 1 amide bonds. The molecule has 160 valence electrons. The lowest BCUT2D eigenvalue weighted by molar-refractivity contribution is -0.900. The molecule has 0 spiro atoms. The number of para-hydroxylation sites is 1. The molecule has 30 heavy (non-hydrogen) atoms. The molecular weight excluding hydrogens is 398 g/mol. The van der Waals surface area contributed by atoms with Crippen molar-refractivity contribution in [1.82, 2.24) is 10.9 Å². The number of quaternary nitrogens is 1. The number of hydrogen-bond donors (Lipinski definition) is 4. The zero-order valence-electron chi connectivity index (χ0n) is 17.3. The Morgan fingerprint density at radius 1 is 1.07 bits per heavy atom. The molecule has 1 saturated heterocycles. The van der Waals surface area contributed by atoms with Crippen molar-refractivity contribution in [3.8, 4) is 5.75 Å². The highest BCUT2D eigenvalue weighted by atomic mass is 32.1. The molecule has 0 aliphatic carbocycles. The summed E-state index contributed by atoms with van der Waals surface area (Å²) in [7, 11) is 0. The number of hydrogen-bond acceptors (Lipinski definition) is 4. The molecule has 1 aliphatic rings. The van der Waals surface area contributed by atoms with E-state index in [1.807, 2.05) is 37.3 Å². The highest BCUT2D eigenvalue weighted by molar-refractivity contribution is 7.80. The third-order valence-corrected chi connectivity index (χ3v) is 5.24. The van der Waals surface area contributed by atoms with Crippen molar-refractivity contribution < 1.29 is 14.4 Å². The number of benzene rings is 2. The average Bonchev–Trinajstić information content (AvgIpc) is 2.79. The zero-order valence-corrected chi connectivity index (χ0v) is 18.1. The fourth-order valence-electron chi connectivity index (χ4n) is 3.41. The summed E-state index contributed by atoms with van der Waals surface area (Å²) in [6, 6.07) is 18.0. The van der Waals surface area contributed by atoms with Gasteiger partial charge in [-0.25, -0.2) is 0 Å². The minimum atomic E-state index is -0.0659. The van der Waals surface area contributed by atoms with Gasteiger partial charge in [-0.05, 0) is 55.5 Å². The Kier molecular flexibility index (Phi) is 8.29. The molecule has 0 radical (unpaired) electrons. The highest BCUT2D eigenvalue weighted by Gasteiger charge is 2.20. The number of anilines is 2. The lowest BCUT2D eigenvalue weighted by Gasteiger charge is -2.33. The summed E-state index contributed by atoms with van der Waals surface area (Å²) in [5, 5.41) is 3.38. The topological polar surface area (TPSA) is 70.1 Å². The molecule has 1 heterocycles. The van der Waals surface area contributed by atoms with Gasteiger partial charge in [0.1, 0.15) is 5.75 Å². The van der Waals surface area contributed by atoms with Crippen LogP contribution in [0.4, 0.5) is 11.4 Å². The molecule has 2 aromatic rings. The van der Waals surface area contributed by atoms with Crippen LogP contribution in [0.15, 0.2) is 54.6 Å². The number of amides is 1. The van der Waals surface area contributed by atoms with Crippen LogP contribution < -0.4 is 30.7 Å². The van der Waals surface area contributed by atoms with Gasteiger partial charge in [0.05, 0.1) is 45.8 Å². The Morgan fingerprint density at radius 3 is 2.43 bits per heavy atom. The average molecular weight is 429 g/mol. The number of carbonyl (C=O) groups excluding carboxylic acids is 1. The van der Waals surface area contributed by atoms with Crippen molar-refractivity contribution >= 4 is 34.6 Å². The predicted molar refractivity (Wildman–Crippen MR) is 124 cm³/mol. The number of carbonyl (C=O) groups is 1. The summed E-state index contributed by atoms with van der Waals surface area (Å²) in [6.07, 6.45) is 0.458. The smallest absolute Gasteiger partial charge is 0.244 e. The van der Waals surface area contributed by atoms with Crippen LogP contribution in [0.1, 0.15) is 13.3 Å². The van der Waals surface area contributed by atoms with Crippen molar-refractivity contribution in [3.05, 3.63) is 54.6 Å². The lowest BCUT2D eigenvalue weighted by Crippen LogP contribution is -3.15. The van der Waals surface area contributed by atoms with Gasteiger partial charge in [-0.15, -0.1) is 0 Å². The van der Waals surface area contributed by atoms with Gasteiger partial charge in [0.2, 0.25) is 5.91 Å². The predicted octanol–water partition coefficient (Wildman–Crippen LogP) is 1.20. The number of thiocarbonyl (C=S) groups is 1. The molecule has 1 fully saturated rings. The molecule has 4 N–H and O–H groups in total. The number of nitrogens with one attached hydrogen (secondary N) is 4. The Bertz CT molecular complexity index is 808. The van der Waals surface area contributed by atoms with E-state index in [0.29, 0.717) is 18.1 Å². The molecule has 0 saturated carbocycles. The molecule has 7 nitrogen and oxygen atoms in total. The van der Waals surface area contributed by atoms with Gasteiger partial charge in [0, 0.05) is 11.4 Å². The van der Waals surface area contributed by atoms with Gasteiger partial charge in [-0.3, -0.25) is 15.6 Å². The van der Waals surface area contributed by atoms with E-state index in [9.17, 15) is 4.79 Å². The van der Waals surface area contributed by atoms with Crippen LogP contribution in [0, 0.1) is 0 Å². The Balaban J connectivity index is 1.31. The summed E-state index contributed by atoms with van der Waals surface area (Å²) >= 11 is 5.23. The highest BCUT2D eigenvalue weighted by Crippen LogP contribution is 2.15. The third kappa shape index (κ3) is 6.89. The van der Waals surface area contributed by atoms with E-state index in [0.717, 1.165) is 44.2 Å². The van der Waals surface area contributed by atoms with E-state index in [4.69, 9.17) is 17.0 Å². The van der Waals surface area contributed by atoms with Crippen LogP contribution in [0.5, 0.6) is 5.75 Å². The van der Waals surface area contributed by atoms with Crippen LogP contribution in [-0.2, 0) is 4.79 Å². The van der Waals surface area contributed by atoms with E-state index < -0.39 is 0 Å². The van der Waals surface area contributed by atoms with Gasteiger partial charge < -0.3 is 19.9 Å². The first-order chi connectivity index (χ1) is 14.6. The van der Waals surface area contributed by atoms with E-state index in [1.54, 1.807) is 0 Å². The molecule has 8 heteroatoms. The minimum Gasteiger partial charge on any atom is -0.494 e. The normalized spacial score (nSPS) is 14.1. The molecule has 1 aliphatic heterocycles. The number of ether oxygens (including phenoxy) is 1.